The molecule has 1 atom stereocenters. The van der Waals surface area contributed by atoms with Crippen LogP contribution in [0.25, 0.3) is 16.0 Å². The highest BCUT2D eigenvalue weighted by Gasteiger charge is 2.48. The molecule has 1 amide bonds. The average molecular weight is 641 g/mol. The van der Waals surface area contributed by atoms with Crippen molar-refractivity contribution in [1.29, 1.82) is 0 Å². The molecule has 0 spiro atoms. The summed E-state index contributed by atoms with van der Waals surface area (Å²) in [6, 6.07) is 25.9. The van der Waals surface area contributed by atoms with E-state index in [1.54, 1.807) is 60.7 Å². The Balaban J connectivity index is 1.47. The Kier molecular flexibility index (Phi) is 8.73. The van der Waals surface area contributed by atoms with Crippen molar-refractivity contribution in [3.05, 3.63) is 118 Å². The number of ether oxygens (including phenoxy) is 3. The summed E-state index contributed by atoms with van der Waals surface area (Å²) in [5.41, 5.74) is 2.46. The highest BCUT2D eigenvalue weighted by atomic mass is 35.5. The summed E-state index contributed by atoms with van der Waals surface area (Å²) in [5, 5.41) is 12.4. The van der Waals surface area contributed by atoms with E-state index in [4.69, 9.17) is 25.8 Å². The molecule has 5 aromatic rings. The Morgan fingerprint density at radius 1 is 0.889 bits per heavy atom. The molecule has 6 rings (SSSR count). The van der Waals surface area contributed by atoms with Crippen LogP contribution in [-0.4, -0.2) is 35.0 Å². The highest BCUT2D eigenvalue weighted by Crippen LogP contribution is 2.46. The third-order valence-corrected chi connectivity index (χ3v) is 8.50. The number of amides is 1. The maximum atomic E-state index is 13.8. The molecule has 8 nitrogen and oxygen atoms in total. The number of hydrogen-bond donors (Lipinski definition) is 1. The predicted molar refractivity (Wildman–Crippen MR) is 175 cm³/mol. The number of fused-ring (bicyclic) bond motifs is 1. The number of halogens is 1. The van der Waals surface area contributed by atoms with Gasteiger partial charge in [-0.25, -0.2) is 4.98 Å². The van der Waals surface area contributed by atoms with Crippen molar-refractivity contribution in [1.82, 2.24) is 4.98 Å². The Morgan fingerprint density at radius 2 is 1.64 bits per heavy atom. The van der Waals surface area contributed by atoms with Crippen LogP contribution >= 0.6 is 22.9 Å². The molecule has 1 fully saturated rings. The lowest BCUT2D eigenvalue weighted by atomic mass is 9.95. The van der Waals surface area contributed by atoms with E-state index in [0.717, 1.165) is 10.3 Å². The molecule has 0 bridgehead atoms. The molecule has 0 radical (unpaired) electrons. The summed E-state index contributed by atoms with van der Waals surface area (Å²) in [6.07, 6.45) is 0. The monoisotopic (exact) mass is 640 g/mol. The third-order valence-electron chi connectivity index (χ3n) is 7.25. The number of nitrogens with zero attached hydrogens (tertiary/aromatic N) is 2. The van der Waals surface area contributed by atoms with Gasteiger partial charge in [0.05, 0.1) is 35.0 Å². The van der Waals surface area contributed by atoms with Crippen LogP contribution in [0, 0.1) is 0 Å². The lowest BCUT2D eigenvalue weighted by molar-refractivity contribution is -0.132. The van der Waals surface area contributed by atoms with Crippen molar-refractivity contribution in [3.8, 4) is 17.2 Å². The first-order valence-corrected chi connectivity index (χ1v) is 15.6. The number of Topliss-reactive ketones (excluding diaryl/α,β-unsaturated/α-hetero) is 1. The molecule has 45 heavy (non-hydrogen) atoms. The molecule has 1 aromatic heterocycles. The average Bonchev–Trinajstić information content (AvgIpc) is 3.58. The first-order chi connectivity index (χ1) is 21.9. The summed E-state index contributed by atoms with van der Waals surface area (Å²) in [7, 11) is 0. The van der Waals surface area contributed by atoms with E-state index in [0.29, 0.717) is 63.9 Å². The van der Waals surface area contributed by atoms with Crippen molar-refractivity contribution < 1.29 is 28.9 Å². The summed E-state index contributed by atoms with van der Waals surface area (Å²) in [5.74, 6) is -0.385. The van der Waals surface area contributed by atoms with Gasteiger partial charge in [-0.2, -0.15) is 0 Å². The second-order valence-electron chi connectivity index (χ2n) is 10.1. The molecule has 0 saturated carbocycles. The zero-order chi connectivity index (χ0) is 31.5. The van der Waals surface area contributed by atoms with Crippen LogP contribution in [0.2, 0.25) is 5.02 Å². The molecule has 228 valence electrons. The van der Waals surface area contributed by atoms with E-state index in [2.05, 4.69) is 4.98 Å². The van der Waals surface area contributed by atoms with Gasteiger partial charge in [0.15, 0.2) is 16.6 Å². The number of anilines is 1. The fourth-order valence-electron chi connectivity index (χ4n) is 5.18. The van der Waals surface area contributed by atoms with Gasteiger partial charge < -0.3 is 19.3 Å². The minimum atomic E-state index is -1.00. The largest absolute Gasteiger partial charge is 0.507 e. The molecule has 1 unspecified atom stereocenters. The maximum absolute atomic E-state index is 13.8. The van der Waals surface area contributed by atoms with Gasteiger partial charge in [-0.15, -0.1) is 0 Å². The minimum Gasteiger partial charge on any atom is -0.507 e. The highest BCUT2D eigenvalue weighted by molar-refractivity contribution is 7.22. The van der Waals surface area contributed by atoms with Gasteiger partial charge in [-0.1, -0.05) is 59.3 Å². The summed E-state index contributed by atoms with van der Waals surface area (Å²) >= 11 is 7.46. The number of aliphatic hydroxyl groups is 1. The van der Waals surface area contributed by atoms with E-state index in [9.17, 15) is 14.7 Å². The van der Waals surface area contributed by atoms with Crippen molar-refractivity contribution in [2.24, 2.45) is 0 Å². The number of carbonyl (C=O) groups is 2. The van der Waals surface area contributed by atoms with E-state index >= 15 is 0 Å². The van der Waals surface area contributed by atoms with Crippen LogP contribution in [0.1, 0.15) is 36.6 Å². The van der Waals surface area contributed by atoms with Crippen LogP contribution in [0.15, 0.2) is 96.6 Å². The van der Waals surface area contributed by atoms with Crippen LogP contribution in [0.3, 0.4) is 0 Å². The minimum absolute atomic E-state index is 0.0677. The van der Waals surface area contributed by atoms with Gasteiger partial charge in [0.1, 0.15) is 18.1 Å². The smallest absolute Gasteiger partial charge is 0.301 e. The Labute approximate surface area is 269 Å². The molecule has 1 aliphatic heterocycles. The Morgan fingerprint density at radius 3 is 2.38 bits per heavy atom. The van der Waals surface area contributed by atoms with Gasteiger partial charge in [0.2, 0.25) is 0 Å². The summed E-state index contributed by atoms with van der Waals surface area (Å²) in [4.78, 5) is 33.5. The topological polar surface area (TPSA) is 98.2 Å². The first-order valence-electron chi connectivity index (χ1n) is 14.4. The van der Waals surface area contributed by atoms with Crippen LogP contribution in [0.4, 0.5) is 5.13 Å². The number of rotatable bonds is 10. The summed E-state index contributed by atoms with van der Waals surface area (Å²) in [6.45, 7) is 4.90. The van der Waals surface area contributed by atoms with Gasteiger partial charge >= 0.3 is 5.91 Å². The number of carbonyl (C=O) groups excluding carboxylic acids is 2. The lowest BCUT2D eigenvalue weighted by Crippen LogP contribution is -2.29. The molecule has 1 N–H and O–H groups in total. The molecular formula is C35H29ClN2O6S. The quantitative estimate of drug-likeness (QED) is 0.0939. The number of aliphatic hydroxyl groups excluding tert-OH is 1. The van der Waals surface area contributed by atoms with Crippen molar-refractivity contribution in [2.75, 3.05) is 18.1 Å². The Bertz CT molecular complexity index is 1910. The zero-order valence-corrected chi connectivity index (χ0v) is 26.1. The number of hydrogen-bond acceptors (Lipinski definition) is 8. The van der Waals surface area contributed by atoms with Crippen LogP contribution in [-0.2, 0) is 16.2 Å². The van der Waals surface area contributed by atoms with E-state index < -0.39 is 17.7 Å². The molecule has 1 aliphatic rings. The normalized spacial score (nSPS) is 15.9. The van der Waals surface area contributed by atoms with E-state index in [-0.39, 0.29) is 11.3 Å². The van der Waals surface area contributed by atoms with Gasteiger partial charge in [-0.05, 0) is 79.6 Å². The molecule has 4 aromatic carbocycles. The second kappa shape index (κ2) is 13.0. The Hall–Kier alpha value is -4.86. The molecule has 0 aliphatic carbocycles. The van der Waals surface area contributed by atoms with Crippen molar-refractivity contribution >= 4 is 55.7 Å². The third kappa shape index (κ3) is 6.09. The van der Waals surface area contributed by atoms with Crippen LogP contribution < -0.4 is 19.1 Å². The van der Waals surface area contributed by atoms with Gasteiger partial charge in [0, 0.05) is 10.6 Å². The SMILES string of the molecule is CCOc1ccc(C(O)=C2C(=O)C(=O)N(c3nc4ccc(Cl)cc4s3)C2c2ccc(OCc3ccccc3)c(OCC)c2)cc1. The lowest BCUT2D eigenvalue weighted by Gasteiger charge is -2.24. The molecule has 2 heterocycles. The molecule has 10 heteroatoms. The van der Waals surface area contributed by atoms with E-state index in [1.807, 2.05) is 44.2 Å². The van der Waals surface area contributed by atoms with Crippen LogP contribution in [0.5, 0.6) is 17.2 Å². The number of aromatic nitrogens is 1. The van der Waals surface area contributed by atoms with Crippen molar-refractivity contribution in [3.63, 3.8) is 0 Å². The number of ketones is 1. The standard InChI is InChI=1S/C35H29ClN2O6S/c1-3-42-25-14-10-22(11-15-25)32(39)30-31(38(34(41)33(30)40)35-37-26-16-13-24(36)19-29(26)45-35)23-12-17-27(28(18-23)43-4-2)44-20-21-8-6-5-7-9-21/h5-19,31,39H,3-4,20H2,1-2H3. The van der Waals surface area contributed by atoms with Gasteiger partial charge in [0.25, 0.3) is 5.78 Å². The number of benzene rings is 4. The predicted octanol–water partition coefficient (Wildman–Crippen LogP) is 7.95. The van der Waals surface area contributed by atoms with E-state index in [1.165, 1.54) is 16.2 Å². The maximum Gasteiger partial charge on any atom is 0.301 e. The first kappa shape index (κ1) is 30.2. The zero-order valence-electron chi connectivity index (χ0n) is 24.5. The molecular weight excluding hydrogens is 612 g/mol. The van der Waals surface area contributed by atoms with Crippen molar-refractivity contribution in [2.45, 2.75) is 26.5 Å². The van der Waals surface area contributed by atoms with Gasteiger partial charge in [-0.3, -0.25) is 14.5 Å². The fraction of sp³-hybridized carbons (Fsp3) is 0.171. The number of thiazole rings is 1. The second-order valence-corrected chi connectivity index (χ2v) is 11.6. The fourth-order valence-corrected chi connectivity index (χ4v) is 6.45. The molecule has 1 saturated heterocycles. The summed E-state index contributed by atoms with van der Waals surface area (Å²) < 4.78 is 18.4.